The van der Waals surface area contributed by atoms with Gasteiger partial charge in [0.15, 0.2) is 17.6 Å². The zero-order valence-electron chi connectivity index (χ0n) is 14.6. The Hall–Kier alpha value is -2.38. The lowest BCUT2D eigenvalue weighted by atomic mass is 10.1. The normalized spacial score (nSPS) is 12.0. The van der Waals surface area contributed by atoms with Gasteiger partial charge in [-0.15, -0.1) is 0 Å². The van der Waals surface area contributed by atoms with Crippen molar-refractivity contribution < 1.29 is 19.4 Å². The van der Waals surface area contributed by atoms with Gasteiger partial charge in [-0.25, -0.2) is 5.43 Å². The van der Waals surface area contributed by atoms with E-state index in [2.05, 4.69) is 26.5 Å². The number of carbonyl (C=O) groups excluding carboxylic acids is 1. The molecule has 0 saturated heterocycles. The molecule has 0 aliphatic rings. The fraction of sp³-hybridized carbons (Fsp3) is 0.263. The van der Waals surface area contributed by atoms with Crippen molar-refractivity contribution in [3.05, 3.63) is 58.1 Å². The molecule has 1 unspecified atom stereocenters. The predicted molar refractivity (Wildman–Crippen MR) is 104 cm³/mol. The highest BCUT2D eigenvalue weighted by atomic mass is 79.9. The Bertz CT molecular complexity index is 766. The maximum Gasteiger partial charge on any atom is 0.273 e. The van der Waals surface area contributed by atoms with Crippen molar-refractivity contribution in [3.8, 4) is 11.5 Å². The average molecular weight is 421 g/mol. The summed E-state index contributed by atoms with van der Waals surface area (Å²) in [6.07, 6.45) is 0.193. The van der Waals surface area contributed by atoms with E-state index in [1.807, 2.05) is 19.9 Å². The molecule has 0 spiro atoms. The van der Waals surface area contributed by atoms with Crippen molar-refractivity contribution in [2.24, 2.45) is 5.10 Å². The first-order chi connectivity index (χ1) is 12.6. The molecular formula is C19H21BrN2O4. The molecule has 6 nitrogen and oxygen atoms in total. The van der Waals surface area contributed by atoms with Crippen molar-refractivity contribution in [1.29, 1.82) is 0 Å². The van der Waals surface area contributed by atoms with Crippen LogP contribution < -0.4 is 14.9 Å². The van der Waals surface area contributed by atoms with Gasteiger partial charge < -0.3 is 14.6 Å². The molecule has 2 N–H and O–H groups in total. The van der Waals surface area contributed by atoms with Crippen LogP contribution in [-0.2, 0) is 4.79 Å². The molecular weight excluding hydrogens is 400 g/mol. The van der Waals surface area contributed by atoms with Crippen molar-refractivity contribution >= 4 is 28.1 Å². The van der Waals surface area contributed by atoms with E-state index in [4.69, 9.17) is 9.47 Å². The lowest BCUT2D eigenvalue weighted by molar-refractivity contribution is -0.129. The van der Waals surface area contributed by atoms with Crippen molar-refractivity contribution in [2.75, 3.05) is 13.2 Å². The first-order valence-corrected chi connectivity index (χ1v) is 9.01. The first-order valence-electron chi connectivity index (χ1n) is 8.21. The van der Waals surface area contributed by atoms with Crippen LogP contribution in [0.5, 0.6) is 11.5 Å². The predicted octanol–water partition coefficient (Wildman–Crippen LogP) is 3.43. The Labute approximate surface area is 161 Å². The maximum atomic E-state index is 12.0. The molecule has 26 heavy (non-hydrogen) atoms. The lowest BCUT2D eigenvalue weighted by Crippen LogP contribution is -2.25. The Kier molecular flexibility index (Phi) is 7.62. The Morgan fingerprint density at radius 1 is 1.23 bits per heavy atom. The van der Waals surface area contributed by atoms with Crippen LogP contribution in [-0.4, -0.2) is 30.4 Å². The second kappa shape index (κ2) is 9.94. The van der Waals surface area contributed by atoms with Gasteiger partial charge in [-0.1, -0.05) is 30.3 Å². The fourth-order valence-electron chi connectivity index (χ4n) is 2.23. The van der Waals surface area contributed by atoms with E-state index in [1.54, 1.807) is 36.4 Å². The van der Waals surface area contributed by atoms with Crippen LogP contribution in [0, 0.1) is 0 Å². The van der Waals surface area contributed by atoms with E-state index < -0.39 is 12.0 Å². The highest BCUT2D eigenvalue weighted by Gasteiger charge is 2.16. The van der Waals surface area contributed by atoms with Gasteiger partial charge in [0, 0.05) is 0 Å². The number of carbonyl (C=O) groups is 1. The number of hydrogen-bond donors (Lipinski definition) is 2. The molecule has 7 heteroatoms. The average Bonchev–Trinajstić information content (AvgIpc) is 2.65. The summed E-state index contributed by atoms with van der Waals surface area (Å²) in [6, 6.07) is 12.2. The molecule has 0 saturated carbocycles. The van der Waals surface area contributed by atoms with Gasteiger partial charge in [0.25, 0.3) is 5.91 Å². The molecule has 0 heterocycles. The molecule has 1 amide bonds. The van der Waals surface area contributed by atoms with Gasteiger partial charge in [-0.05, 0) is 53.0 Å². The highest BCUT2D eigenvalue weighted by Crippen LogP contribution is 2.36. The van der Waals surface area contributed by atoms with Crippen LogP contribution in [0.1, 0.15) is 31.1 Å². The topological polar surface area (TPSA) is 80.2 Å². The van der Waals surface area contributed by atoms with Crippen LogP contribution in [0.3, 0.4) is 0 Å². The van der Waals surface area contributed by atoms with Gasteiger partial charge in [0.05, 0.1) is 23.9 Å². The molecule has 2 rings (SSSR count). The smallest absolute Gasteiger partial charge is 0.273 e. The summed E-state index contributed by atoms with van der Waals surface area (Å²) >= 11 is 3.45. The van der Waals surface area contributed by atoms with Crippen molar-refractivity contribution in [2.45, 2.75) is 20.0 Å². The summed E-state index contributed by atoms with van der Waals surface area (Å²) in [6.45, 7) is 4.79. The highest BCUT2D eigenvalue weighted by molar-refractivity contribution is 9.10. The van der Waals surface area contributed by atoms with E-state index in [0.29, 0.717) is 35.8 Å². The number of nitrogens with one attached hydrogen (secondary N) is 1. The number of halogens is 1. The quantitative estimate of drug-likeness (QED) is 0.506. The molecule has 0 aliphatic heterocycles. The van der Waals surface area contributed by atoms with Crippen LogP contribution in [0.15, 0.2) is 52.0 Å². The zero-order chi connectivity index (χ0) is 18.9. The van der Waals surface area contributed by atoms with Gasteiger partial charge >= 0.3 is 0 Å². The van der Waals surface area contributed by atoms with Gasteiger partial charge in [-0.2, -0.15) is 5.10 Å². The minimum absolute atomic E-state index is 0.493. The Morgan fingerprint density at radius 2 is 1.92 bits per heavy atom. The molecule has 138 valence electrons. The number of rotatable bonds is 8. The lowest BCUT2D eigenvalue weighted by Gasteiger charge is -2.13. The zero-order valence-corrected chi connectivity index (χ0v) is 16.2. The van der Waals surface area contributed by atoms with Crippen LogP contribution in [0.4, 0.5) is 0 Å². The first kappa shape index (κ1) is 19.9. The number of aliphatic hydroxyl groups is 1. The minimum atomic E-state index is -1.28. The molecule has 2 aromatic carbocycles. The van der Waals surface area contributed by atoms with E-state index in [9.17, 15) is 9.90 Å². The number of ether oxygens (including phenoxy) is 2. The summed E-state index contributed by atoms with van der Waals surface area (Å²) in [5.74, 6) is 0.596. The molecule has 2 aromatic rings. The largest absolute Gasteiger partial charge is 0.490 e. The Morgan fingerprint density at radius 3 is 2.58 bits per heavy atom. The summed E-state index contributed by atoms with van der Waals surface area (Å²) in [5.41, 5.74) is 3.54. The second-order valence-corrected chi connectivity index (χ2v) is 6.10. The molecule has 0 bridgehead atoms. The third-order valence-corrected chi connectivity index (χ3v) is 3.96. The standard InChI is InChI=1S/C19H21BrN2O4/c1-3-25-16-11-13(10-15(20)18(16)26-4-2)12-21-22-19(24)17(23)14-8-6-5-7-9-14/h5-12,17,23H,3-4H2,1-2H3,(H,22,24)/b21-12+. The Balaban J connectivity index is 2.08. The third kappa shape index (κ3) is 5.31. The number of nitrogens with zero attached hydrogens (tertiary/aromatic N) is 1. The number of aliphatic hydroxyl groups excluding tert-OH is 1. The monoisotopic (exact) mass is 420 g/mol. The third-order valence-electron chi connectivity index (χ3n) is 3.37. The summed E-state index contributed by atoms with van der Waals surface area (Å²) in [7, 11) is 0. The van der Waals surface area contributed by atoms with Crippen molar-refractivity contribution in [1.82, 2.24) is 5.43 Å². The van der Waals surface area contributed by atoms with Crippen LogP contribution >= 0.6 is 15.9 Å². The van der Waals surface area contributed by atoms with Crippen LogP contribution in [0.2, 0.25) is 0 Å². The molecule has 0 radical (unpaired) electrons. The summed E-state index contributed by atoms with van der Waals surface area (Å²) in [4.78, 5) is 12.0. The number of benzene rings is 2. The van der Waals surface area contributed by atoms with E-state index in [0.717, 1.165) is 4.47 Å². The molecule has 0 aromatic heterocycles. The number of hydrogen-bond acceptors (Lipinski definition) is 5. The minimum Gasteiger partial charge on any atom is -0.490 e. The molecule has 1 atom stereocenters. The number of amides is 1. The second-order valence-electron chi connectivity index (χ2n) is 5.24. The summed E-state index contributed by atoms with van der Waals surface area (Å²) < 4.78 is 11.9. The molecule has 0 fully saturated rings. The van der Waals surface area contributed by atoms with E-state index in [1.165, 1.54) is 6.21 Å². The van der Waals surface area contributed by atoms with E-state index in [-0.39, 0.29) is 0 Å². The van der Waals surface area contributed by atoms with E-state index >= 15 is 0 Å². The van der Waals surface area contributed by atoms with Crippen molar-refractivity contribution in [3.63, 3.8) is 0 Å². The number of hydrazone groups is 1. The van der Waals surface area contributed by atoms with Gasteiger partial charge in [0.2, 0.25) is 0 Å². The summed E-state index contributed by atoms with van der Waals surface area (Å²) in [5, 5.41) is 13.9. The maximum absolute atomic E-state index is 12.0. The SMILES string of the molecule is CCOc1cc(/C=N/NC(=O)C(O)c2ccccc2)cc(Br)c1OCC. The van der Waals surface area contributed by atoms with Gasteiger partial charge in [0.1, 0.15) is 0 Å². The van der Waals surface area contributed by atoms with Crippen LogP contribution in [0.25, 0.3) is 0 Å². The molecule has 0 aliphatic carbocycles. The fourth-order valence-corrected chi connectivity index (χ4v) is 2.80. The van der Waals surface area contributed by atoms with Gasteiger partial charge in [-0.3, -0.25) is 4.79 Å².